The molecule has 8 rings (SSSR count). The predicted molar refractivity (Wildman–Crippen MR) is 335 cm³/mol. The Morgan fingerprint density at radius 1 is 0.771 bits per heavy atom. The van der Waals surface area contributed by atoms with Crippen molar-refractivity contribution in [2.45, 2.75) is 208 Å². The van der Waals surface area contributed by atoms with Gasteiger partial charge in [0.25, 0.3) is 8.53 Å². The van der Waals surface area contributed by atoms with Gasteiger partial charge in [-0.25, -0.2) is 9.46 Å². The number of likely N-dealkylation sites (tertiary alicyclic amines) is 1. The van der Waals surface area contributed by atoms with Crippen molar-refractivity contribution in [1.82, 2.24) is 14.9 Å². The van der Waals surface area contributed by atoms with Crippen molar-refractivity contribution >= 4 is 20.5 Å². The summed E-state index contributed by atoms with van der Waals surface area (Å²) in [4.78, 5) is 29.3. The number of benzene rings is 3. The van der Waals surface area contributed by atoms with Crippen LogP contribution in [-0.4, -0.2) is 92.9 Å². The molecule has 5 aliphatic rings. The second-order valence-electron chi connectivity index (χ2n) is 26.6. The van der Waals surface area contributed by atoms with E-state index in [1.54, 1.807) is 14.2 Å². The van der Waals surface area contributed by atoms with Crippen LogP contribution in [0, 0.1) is 57.7 Å². The van der Waals surface area contributed by atoms with E-state index in [0.717, 1.165) is 89.9 Å². The van der Waals surface area contributed by atoms with Crippen molar-refractivity contribution in [2.75, 3.05) is 47.1 Å². The van der Waals surface area contributed by atoms with Crippen molar-refractivity contribution in [1.29, 1.82) is 5.26 Å². The van der Waals surface area contributed by atoms with Gasteiger partial charge in [0.1, 0.15) is 23.2 Å². The number of rotatable bonds is 27. The molecule has 9 atom stereocenters. The summed E-state index contributed by atoms with van der Waals surface area (Å²) in [5.41, 5.74) is 4.04. The summed E-state index contributed by atoms with van der Waals surface area (Å²) in [7, 11) is 1.72. The third-order valence-electron chi connectivity index (χ3n) is 19.3. The van der Waals surface area contributed by atoms with Crippen LogP contribution in [0.4, 0.5) is 4.79 Å². The summed E-state index contributed by atoms with van der Waals surface area (Å²) in [6.45, 7) is 24.6. The number of ether oxygens (including phenoxy) is 4. The van der Waals surface area contributed by atoms with Crippen LogP contribution in [0.25, 0.3) is 0 Å². The number of unbranched alkanes of at least 4 members (excludes halogenated alkanes) is 2. The average Bonchev–Trinajstić information content (AvgIpc) is 2.29. The smallest absolute Gasteiger partial charge is 0.407 e. The molecule has 3 aromatic carbocycles. The minimum Gasteiger partial charge on any atom is -0.497 e. The van der Waals surface area contributed by atoms with Crippen molar-refractivity contribution < 1.29 is 37.6 Å². The molecule has 0 radical (unpaired) electrons. The second kappa shape index (κ2) is 31.2. The molecule has 3 saturated carbocycles. The highest BCUT2D eigenvalue weighted by molar-refractivity contribution is 7.44. The zero-order valence-corrected chi connectivity index (χ0v) is 53.9. The van der Waals surface area contributed by atoms with Crippen LogP contribution >= 0.6 is 8.53 Å². The van der Waals surface area contributed by atoms with Crippen LogP contribution in [0.2, 0.25) is 0 Å². The largest absolute Gasteiger partial charge is 0.497 e. The Labute approximate surface area is 502 Å². The lowest BCUT2D eigenvalue weighted by Crippen LogP contribution is -2.49. The topological polar surface area (TPSA) is 132 Å². The number of methoxy groups -OCH3 is 2. The zero-order chi connectivity index (χ0) is 59.7. The standard InChI is InChI=1S/C61H85N4O8P.C9H20/c1-43(2)65(44(3)4)74(71-38-16-36-62)73-56-41-64(40-45(56)42-70-61(46-17-11-9-12-18-46,47-21-26-50(68-7)27-22-47)48-23-28-51(69-8)29-24-48)57(66)20-13-10-14-37-63-58(67)72-52-31-35-60(6)49(39-52)25-30-53-54-19-15-33-59(54,5)34-32-55(53)60;1-8(2)6-5-7-9(3)4/h9,11-12,17-18,21-29,43-45,52-56H,10,13-16,19-20,30-35,37-42H2,1-8H3,(H,63,67);8-9H,5-7H2,1-4H3. The van der Waals surface area contributed by atoms with Gasteiger partial charge in [0, 0.05) is 50.5 Å². The Hall–Kier alpha value is -4.50. The lowest BCUT2D eigenvalue weighted by atomic mass is 9.48. The molecular weight excluding hydrogens is 1060 g/mol. The first kappa shape index (κ1) is 66.0. The molecule has 9 unspecified atom stereocenters. The number of amides is 2. The molecule has 13 heteroatoms. The molecule has 1 saturated heterocycles. The third-order valence-corrected chi connectivity index (χ3v) is 21.5. The van der Waals surface area contributed by atoms with Gasteiger partial charge in [-0.05, 0) is 167 Å². The maximum atomic E-state index is 14.2. The van der Waals surface area contributed by atoms with Crippen LogP contribution < -0.4 is 14.8 Å². The molecular formula is C70H105N4O8P. The van der Waals surface area contributed by atoms with Crippen LogP contribution in [0.3, 0.4) is 0 Å². The summed E-state index contributed by atoms with van der Waals surface area (Å²) in [6, 6.07) is 28.7. The normalized spacial score (nSPS) is 25.3. The number of carbonyl (C=O) groups is 2. The van der Waals surface area contributed by atoms with Gasteiger partial charge in [0.2, 0.25) is 5.91 Å². The van der Waals surface area contributed by atoms with E-state index in [-0.39, 0.29) is 61.2 Å². The quantitative estimate of drug-likeness (QED) is 0.0341. The molecule has 83 heavy (non-hydrogen) atoms. The van der Waals surface area contributed by atoms with Gasteiger partial charge < -0.3 is 38.2 Å². The molecule has 4 aliphatic carbocycles. The molecule has 1 N–H and O–H groups in total. The number of alkyl carbamates (subject to hydrolysis) is 1. The van der Waals surface area contributed by atoms with Crippen molar-refractivity contribution in [3.8, 4) is 17.6 Å². The van der Waals surface area contributed by atoms with Crippen molar-refractivity contribution in [3.05, 3.63) is 107 Å². The third kappa shape index (κ3) is 16.9. The van der Waals surface area contributed by atoms with E-state index in [1.165, 1.54) is 63.4 Å². The van der Waals surface area contributed by atoms with E-state index in [0.29, 0.717) is 37.9 Å². The first-order valence-electron chi connectivity index (χ1n) is 32.0. The van der Waals surface area contributed by atoms with Gasteiger partial charge in [-0.1, -0.05) is 140 Å². The lowest BCUT2D eigenvalue weighted by Gasteiger charge is -2.57. The highest BCUT2D eigenvalue weighted by Crippen LogP contribution is 2.65. The number of hydrogen-bond donors (Lipinski definition) is 1. The van der Waals surface area contributed by atoms with Gasteiger partial charge in [-0.3, -0.25) is 4.79 Å². The maximum absolute atomic E-state index is 14.2. The Balaban J connectivity index is 0.00000101. The summed E-state index contributed by atoms with van der Waals surface area (Å²) >= 11 is 0. The molecule has 458 valence electrons. The monoisotopic (exact) mass is 1160 g/mol. The predicted octanol–water partition coefficient (Wildman–Crippen LogP) is 16.6. The highest BCUT2D eigenvalue weighted by Gasteiger charge is 2.56. The zero-order valence-electron chi connectivity index (χ0n) is 53.0. The Morgan fingerprint density at radius 3 is 2.01 bits per heavy atom. The summed E-state index contributed by atoms with van der Waals surface area (Å²) in [5, 5.41) is 12.5. The number of nitrogens with one attached hydrogen (secondary N) is 1. The van der Waals surface area contributed by atoms with E-state index >= 15 is 0 Å². The summed E-state index contributed by atoms with van der Waals surface area (Å²) in [5.74, 6) is 5.54. The number of nitrogens with zero attached hydrogens (tertiary/aromatic N) is 3. The maximum Gasteiger partial charge on any atom is 0.407 e. The molecule has 0 bridgehead atoms. The second-order valence-corrected chi connectivity index (χ2v) is 28.0. The fraction of sp³-hybridized carbons (Fsp3) is 0.671. The van der Waals surface area contributed by atoms with Crippen LogP contribution in [-0.2, 0) is 28.9 Å². The molecule has 12 nitrogen and oxygen atoms in total. The number of fused-ring (bicyclic) bond motifs is 5. The first-order valence-corrected chi connectivity index (χ1v) is 33.1. The number of allylic oxidation sites excluding steroid dienone is 1. The van der Waals surface area contributed by atoms with Crippen molar-refractivity contribution in [2.24, 2.45) is 46.3 Å². The fourth-order valence-electron chi connectivity index (χ4n) is 14.8. The first-order chi connectivity index (χ1) is 39.8. The van der Waals surface area contributed by atoms with Gasteiger partial charge in [-0.15, -0.1) is 0 Å². The van der Waals surface area contributed by atoms with Crippen molar-refractivity contribution in [3.63, 3.8) is 0 Å². The molecule has 4 fully saturated rings. The number of hydrogen-bond acceptors (Lipinski definition) is 10. The SMILES string of the molecule is CC(C)CCCC(C)C.COc1ccc(C(OCC2CN(C(=O)CCCCCNC(=O)OC3CCC4(C)C(=CCC5C6CCCC6(C)CCC54)C3)CC2OP(OCCC#N)N(C(C)C)C(C)C)(c2ccccc2)c2ccc(OC)cc2)cc1. The molecule has 2 amide bonds. The van der Waals surface area contributed by atoms with Gasteiger partial charge in [-0.2, -0.15) is 5.26 Å². The Morgan fingerprint density at radius 2 is 1.41 bits per heavy atom. The molecule has 1 aliphatic heterocycles. The van der Waals surface area contributed by atoms with Crippen LogP contribution in [0.5, 0.6) is 11.5 Å². The molecule has 0 spiro atoms. The van der Waals surface area contributed by atoms with Crippen LogP contribution in [0.15, 0.2) is 90.5 Å². The van der Waals surface area contributed by atoms with Gasteiger partial charge in [0.05, 0.1) is 46.0 Å². The number of nitriles is 1. The minimum absolute atomic E-state index is 0.0607. The Bertz CT molecular complexity index is 2470. The number of carbonyl (C=O) groups excluding carboxylic acids is 2. The fourth-order valence-corrected chi connectivity index (χ4v) is 16.6. The minimum atomic E-state index is -1.60. The van der Waals surface area contributed by atoms with Gasteiger partial charge >= 0.3 is 6.09 Å². The summed E-state index contributed by atoms with van der Waals surface area (Å²) < 4.78 is 40.4. The van der Waals surface area contributed by atoms with Crippen LogP contribution in [0.1, 0.15) is 195 Å². The molecule has 3 aromatic rings. The van der Waals surface area contributed by atoms with E-state index in [2.05, 4.69) is 104 Å². The van der Waals surface area contributed by atoms with Gasteiger partial charge in [0.15, 0.2) is 0 Å². The average molecular weight is 1160 g/mol. The van der Waals surface area contributed by atoms with E-state index in [4.69, 9.17) is 28.0 Å². The Kier molecular flexibility index (Phi) is 24.9. The molecule has 0 aromatic heterocycles. The highest BCUT2D eigenvalue weighted by atomic mass is 31.2. The lowest BCUT2D eigenvalue weighted by molar-refractivity contribution is -0.130. The van der Waals surface area contributed by atoms with E-state index in [9.17, 15) is 14.9 Å². The molecule has 1 heterocycles. The van der Waals surface area contributed by atoms with E-state index in [1.807, 2.05) is 71.6 Å². The van der Waals surface area contributed by atoms with E-state index < -0.39 is 20.2 Å². The summed E-state index contributed by atoms with van der Waals surface area (Å²) in [6.07, 6.45) is 19.8.